The normalized spacial score (nSPS) is 23.8. The fourth-order valence-corrected chi connectivity index (χ4v) is 7.47. The average molecular weight is 601 g/mol. The number of amides is 2. The van der Waals surface area contributed by atoms with Crippen molar-refractivity contribution in [3.05, 3.63) is 79.9 Å². The molecule has 2 heterocycles. The van der Waals surface area contributed by atoms with E-state index >= 15 is 0 Å². The number of hydrogen-bond acceptors (Lipinski definition) is 7. The van der Waals surface area contributed by atoms with Crippen LogP contribution in [0.3, 0.4) is 0 Å². The number of rotatable bonds is 9. The number of carbonyl (C=O) groups excluding carboxylic acids is 2. The molecule has 0 bridgehead atoms. The molecule has 4 atom stereocenters. The van der Waals surface area contributed by atoms with Gasteiger partial charge < -0.3 is 14.8 Å². The standard InChI is InChI=1S/C34H41BN2O7/c1-6-8-22(15-23-13-20(4)32(38)21(5)14-23)11-12-29-30-26(19(2)3)17-27-31(28(30)18-35(41)44-29)34(40)36(33(27)39)24-9-7-10-25(16-24)37(42)43/h7,9-10,13-16,19,27-29,31,38,41H,6,8,11-12,17-18H2,1-5H3/b22-15+/t27-,28+,29-,31-/m1/s1. The first-order valence-electron chi connectivity index (χ1n) is 15.6. The molecule has 232 valence electrons. The highest BCUT2D eigenvalue weighted by Gasteiger charge is 2.58. The second-order valence-electron chi connectivity index (χ2n) is 12.8. The van der Waals surface area contributed by atoms with Crippen LogP contribution in [0.4, 0.5) is 11.4 Å². The molecule has 5 rings (SSSR count). The van der Waals surface area contributed by atoms with Crippen LogP contribution in [0, 0.1) is 47.6 Å². The fourth-order valence-electron chi connectivity index (χ4n) is 7.47. The van der Waals surface area contributed by atoms with Crippen LogP contribution in [-0.4, -0.2) is 40.1 Å². The molecule has 0 unspecified atom stereocenters. The van der Waals surface area contributed by atoms with E-state index in [0.29, 0.717) is 18.6 Å². The largest absolute Gasteiger partial charge is 0.507 e. The van der Waals surface area contributed by atoms with Crippen molar-refractivity contribution in [2.75, 3.05) is 4.90 Å². The molecule has 2 amide bonds. The molecule has 0 spiro atoms. The predicted octanol–water partition coefficient (Wildman–Crippen LogP) is 6.54. The van der Waals surface area contributed by atoms with Crippen LogP contribution in [0.1, 0.15) is 69.6 Å². The SMILES string of the molecule is CCC/C(=C\c1cc(C)c(O)c(C)c1)CC[C@H]1OB(O)C[C@H]2C1=C(C(C)C)C[C@H]1C(=O)N(c3cccc([N+](=O)[O-])c3)C(=O)[C@H]12. The Bertz CT molecular complexity index is 1520. The highest BCUT2D eigenvalue weighted by Crippen LogP contribution is 2.52. The highest BCUT2D eigenvalue weighted by molar-refractivity contribution is 6.43. The first-order valence-corrected chi connectivity index (χ1v) is 15.6. The van der Waals surface area contributed by atoms with E-state index in [0.717, 1.165) is 52.0 Å². The molecule has 0 radical (unpaired) electrons. The molecule has 2 aromatic rings. The Kier molecular flexibility index (Phi) is 9.14. The Labute approximate surface area is 258 Å². The van der Waals surface area contributed by atoms with Gasteiger partial charge in [0, 0.05) is 12.1 Å². The monoisotopic (exact) mass is 600 g/mol. The first kappa shape index (κ1) is 31.7. The number of non-ortho nitro benzene ring substituents is 1. The first-order chi connectivity index (χ1) is 20.9. The van der Waals surface area contributed by atoms with Crippen molar-refractivity contribution in [1.29, 1.82) is 0 Å². The van der Waals surface area contributed by atoms with Gasteiger partial charge in [0.1, 0.15) is 5.75 Å². The van der Waals surface area contributed by atoms with Gasteiger partial charge in [0.05, 0.1) is 28.6 Å². The number of nitrogens with zero attached hydrogens (tertiary/aromatic N) is 2. The van der Waals surface area contributed by atoms with Gasteiger partial charge in [-0.25, -0.2) is 4.90 Å². The van der Waals surface area contributed by atoms with Gasteiger partial charge in [0.25, 0.3) is 5.69 Å². The Morgan fingerprint density at radius 1 is 1.14 bits per heavy atom. The topological polar surface area (TPSA) is 130 Å². The van der Waals surface area contributed by atoms with Crippen molar-refractivity contribution < 1.29 is 29.3 Å². The summed E-state index contributed by atoms with van der Waals surface area (Å²) in [5, 5.41) is 32.6. The summed E-state index contributed by atoms with van der Waals surface area (Å²) in [5.74, 6) is -1.91. The van der Waals surface area contributed by atoms with Crippen molar-refractivity contribution >= 4 is 36.4 Å². The molecule has 2 aliphatic heterocycles. The number of aryl methyl sites for hydroxylation is 2. The molecule has 2 N–H and O–H groups in total. The number of nitro benzene ring substituents is 1. The van der Waals surface area contributed by atoms with E-state index in [1.807, 2.05) is 26.0 Å². The molecule has 2 fully saturated rings. The number of aromatic hydroxyl groups is 1. The Morgan fingerprint density at radius 3 is 2.48 bits per heavy atom. The third-order valence-corrected chi connectivity index (χ3v) is 9.42. The summed E-state index contributed by atoms with van der Waals surface area (Å²) in [5.41, 5.74) is 6.06. The van der Waals surface area contributed by atoms with Crippen LogP contribution in [0.15, 0.2) is 53.1 Å². The Hall–Kier alpha value is -3.76. The zero-order chi connectivity index (χ0) is 31.9. The van der Waals surface area contributed by atoms with Crippen LogP contribution in [-0.2, 0) is 14.2 Å². The number of nitro groups is 1. The van der Waals surface area contributed by atoms with E-state index in [-0.39, 0.29) is 41.3 Å². The second-order valence-corrected chi connectivity index (χ2v) is 12.8. The summed E-state index contributed by atoms with van der Waals surface area (Å²) in [6.45, 7) is 10.1. The number of imide groups is 1. The number of phenolic OH excluding ortho intramolecular Hbond substituents is 1. The number of anilines is 1. The van der Waals surface area contributed by atoms with Gasteiger partial charge >= 0.3 is 7.12 Å². The van der Waals surface area contributed by atoms with Crippen LogP contribution in [0.2, 0.25) is 6.32 Å². The molecule has 2 aromatic carbocycles. The van der Waals surface area contributed by atoms with Crippen molar-refractivity contribution in [2.24, 2.45) is 23.7 Å². The van der Waals surface area contributed by atoms with Crippen molar-refractivity contribution in [1.82, 2.24) is 0 Å². The summed E-state index contributed by atoms with van der Waals surface area (Å²) in [6.07, 6.45) is 5.61. The summed E-state index contributed by atoms with van der Waals surface area (Å²) in [4.78, 5) is 39.7. The predicted molar refractivity (Wildman–Crippen MR) is 170 cm³/mol. The maximum Gasteiger partial charge on any atom is 0.455 e. The third kappa shape index (κ3) is 5.97. The molecule has 1 aliphatic carbocycles. The second kappa shape index (κ2) is 12.7. The molecule has 0 saturated carbocycles. The Balaban J connectivity index is 1.46. The van der Waals surface area contributed by atoms with E-state index in [4.69, 9.17) is 4.65 Å². The number of allylic oxidation sites excluding steroid dienone is 2. The zero-order valence-corrected chi connectivity index (χ0v) is 26.1. The maximum absolute atomic E-state index is 14.0. The molecule has 44 heavy (non-hydrogen) atoms. The maximum atomic E-state index is 14.0. The minimum atomic E-state index is -1.07. The van der Waals surface area contributed by atoms with Crippen LogP contribution in [0.5, 0.6) is 5.75 Å². The van der Waals surface area contributed by atoms with Crippen LogP contribution in [0.25, 0.3) is 6.08 Å². The minimum absolute atomic E-state index is 0.109. The lowest BCUT2D eigenvalue weighted by Gasteiger charge is -2.44. The lowest BCUT2D eigenvalue weighted by molar-refractivity contribution is -0.384. The highest BCUT2D eigenvalue weighted by atomic mass is 16.6. The lowest BCUT2D eigenvalue weighted by Crippen LogP contribution is -2.46. The molecular weight excluding hydrogens is 559 g/mol. The number of hydrogen-bond donors (Lipinski definition) is 2. The Morgan fingerprint density at radius 2 is 1.84 bits per heavy atom. The van der Waals surface area contributed by atoms with Gasteiger partial charge in [-0.3, -0.25) is 19.7 Å². The summed E-state index contributed by atoms with van der Waals surface area (Å²) >= 11 is 0. The quantitative estimate of drug-likeness (QED) is 0.110. The lowest BCUT2D eigenvalue weighted by atomic mass is 9.57. The third-order valence-electron chi connectivity index (χ3n) is 9.42. The minimum Gasteiger partial charge on any atom is -0.507 e. The molecule has 3 aliphatic rings. The van der Waals surface area contributed by atoms with Gasteiger partial charge in [-0.2, -0.15) is 0 Å². The summed E-state index contributed by atoms with van der Waals surface area (Å²) < 4.78 is 6.19. The van der Waals surface area contributed by atoms with Gasteiger partial charge in [-0.05, 0) is 98.1 Å². The van der Waals surface area contributed by atoms with Crippen molar-refractivity contribution in [3.63, 3.8) is 0 Å². The van der Waals surface area contributed by atoms with Gasteiger partial charge in [0.2, 0.25) is 11.8 Å². The molecule has 9 nitrogen and oxygen atoms in total. The van der Waals surface area contributed by atoms with Crippen LogP contribution >= 0.6 is 0 Å². The number of fused-ring (bicyclic) bond motifs is 3. The molecule has 0 aromatic heterocycles. The molecule has 10 heteroatoms. The molecule has 2 saturated heterocycles. The van der Waals surface area contributed by atoms with E-state index in [1.54, 1.807) is 6.07 Å². The average Bonchev–Trinajstić information content (AvgIpc) is 3.23. The number of carbonyl (C=O) groups is 2. The van der Waals surface area contributed by atoms with E-state index < -0.39 is 30.0 Å². The van der Waals surface area contributed by atoms with Crippen molar-refractivity contribution in [2.45, 2.75) is 79.1 Å². The van der Waals surface area contributed by atoms with Crippen LogP contribution < -0.4 is 4.90 Å². The number of phenols is 1. The molecular formula is C34H41BN2O7. The number of benzene rings is 2. The van der Waals surface area contributed by atoms with Crippen molar-refractivity contribution in [3.8, 4) is 5.75 Å². The smallest absolute Gasteiger partial charge is 0.455 e. The summed E-state index contributed by atoms with van der Waals surface area (Å²) in [7, 11) is -1.07. The van der Waals surface area contributed by atoms with E-state index in [9.17, 15) is 29.8 Å². The van der Waals surface area contributed by atoms with Gasteiger partial charge in [0.15, 0.2) is 0 Å². The summed E-state index contributed by atoms with van der Waals surface area (Å²) in [6, 6.07) is 9.60. The van der Waals surface area contributed by atoms with E-state index in [1.165, 1.54) is 23.8 Å². The fraction of sp³-hybridized carbons (Fsp3) is 0.471. The van der Waals surface area contributed by atoms with Gasteiger partial charge in [-0.1, -0.05) is 50.5 Å². The zero-order valence-electron chi connectivity index (χ0n) is 26.1. The van der Waals surface area contributed by atoms with Gasteiger partial charge in [-0.15, -0.1) is 0 Å². The van der Waals surface area contributed by atoms with E-state index in [2.05, 4.69) is 26.8 Å².